The third-order valence-electron chi connectivity index (χ3n) is 3.24. The largest absolute Gasteiger partial charge is 0.273 e. The van der Waals surface area contributed by atoms with E-state index >= 15 is 0 Å². The summed E-state index contributed by atoms with van der Waals surface area (Å²) < 4.78 is 0.425. The summed E-state index contributed by atoms with van der Waals surface area (Å²) in [4.78, 5) is 48.4. The van der Waals surface area contributed by atoms with Crippen LogP contribution in [0.15, 0.2) is 36.5 Å². The van der Waals surface area contributed by atoms with Crippen LogP contribution >= 0.6 is 11.8 Å². The van der Waals surface area contributed by atoms with Crippen molar-refractivity contribution in [2.24, 2.45) is 0 Å². The Bertz CT molecular complexity index is 563. The molecule has 1 atom stereocenters. The molecule has 6 nitrogen and oxygen atoms in total. The molecular formula is C13H11ClN2O4. The maximum Gasteiger partial charge on any atom is 0.267 e. The van der Waals surface area contributed by atoms with E-state index in [9.17, 15) is 19.2 Å². The maximum absolute atomic E-state index is 12.2. The van der Waals surface area contributed by atoms with Crippen molar-refractivity contribution in [2.75, 3.05) is 0 Å². The molecule has 1 saturated heterocycles. The van der Waals surface area contributed by atoms with Gasteiger partial charge in [0.1, 0.15) is 6.04 Å². The van der Waals surface area contributed by atoms with E-state index in [1.165, 1.54) is 12.2 Å². The quantitative estimate of drug-likeness (QED) is 0.567. The minimum absolute atomic E-state index is 0.0101. The van der Waals surface area contributed by atoms with Crippen LogP contribution in [0, 0.1) is 0 Å². The number of rotatable bonds is 3. The zero-order valence-electron chi connectivity index (χ0n) is 10.5. The number of amides is 4. The normalized spacial score (nSPS) is 23.8. The summed E-state index contributed by atoms with van der Waals surface area (Å²) in [7, 11) is 0. The monoisotopic (exact) mass is 294 g/mol. The van der Waals surface area contributed by atoms with Gasteiger partial charge in [0.25, 0.3) is 17.7 Å². The van der Waals surface area contributed by atoms with Crippen LogP contribution in [0.2, 0.25) is 0 Å². The molecule has 0 saturated carbocycles. The highest BCUT2D eigenvalue weighted by molar-refractivity contribution is 6.32. The van der Waals surface area contributed by atoms with Gasteiger partial charge in [-0.15, -0.1) is 0 Å². The Balaban J connectivity index is 2.37. The zero-order valence-corrected chi connectivity index (χ0v) is 11.2. The highest BCUT2D eigenvalue weighted by atomic mass is 35.5. The van der Waals surface area contributed by atoms with Crippen molar-refractivity contribution in [3.8, 4) is 0 Å². The third-order valence-corrected chi connectivity index (χ3v) is 3.59. The van der Waals surface area contributed by atoms with E-state index in [1.807, 2.05) is 0 Å². The van der Waals surface area contributed by atoms with Gasteiger partial charge in [0, 0.05) is 18.2 Å². The number of imide groups is 2. The molecule has 7 heteroatoms. The predicted molar refractivity (Wildman–Crippen MR) is 70.0 cm³/mol. The molecule has 0 aromatic heterocycles. The summed E-state index contributed by atoms with van der Waals surface area (Å²) in [5.41, 5.74) is 0.187. The molecule has 0 aromatic rings. The van der Waals surface area contributed by atoms with Gasteiger partial charge in [-0.2, -0.15) is 4.42 Å². The Morgan fingerprint density at radius 2 is 1.55 bits per heavy atom. The molecule has 0 aliphatic carbocycles. The number of piperidine rings is 1. The summed E-state index contributed by atoms with van der Waals surface area (Å²) in [5.74, 6) is -2.58. The van der Waals surface area contributed by atoms with Crippen LogP contribution in [-0.2, 0) is 19.2 Å². The van der Waals surface area contributed by atoms with Gasteiger partial charge < -0.3 is 0 Å². The summed E-state index contributed by atoms with van der Waals surface area (Å²) in [6.07, 6.45) is 2.54. The fraction of sp³-hybridized carbons (Fsp3) is 0.231. The van der Waals surface area contributed by atoms with E-state index in [0.717, 1.165) is 4.90 Å². The molecule has 0 spiro atoms. The van der Waals surface area contributed by atoms with Gasteiger partial charge in [0.2, 0.25) is 5.91 Å². The first kappa shape index (κ1) is 14.2. The number of halogens is 1. The Morgan fingerprint density at radius 3 is 2.00 bits per heavy atom. The molecule has 2 aliphatic rings. The molecule has 2 rings (SSSR count). The molecule has 0 radical (unpaired) electrons. The van der Waals surface area contributed by atoms with Crippen molar-refractivity contribution in [1.82, 2.24) is 9.32 Å². The summed E-state index contributed by atoms with van der Waals surface area (Å²) in [6, 6.07) is -1.07. The van der Waals surface area contributed by atoms with E-state index < -0.39 is 29.7 Å². The highest BCUT2D eigenvalue weighted by Gasteiger charge is 2.46. The zero-order chi connectivity index (χ0) is 15.0. The minimum atomic E-state index is -1.07. The lowest BCUT2D eigenvalue weighted by atomic mass is 10.0. The van der Waals surface area contributed by atoms with E-state index in [1.54, 1.807) is 0 Å². The van der Waals surface area contributed by atoms with E-state index in [-0.39, 0.29) is 24.0 Å². The SMILES string of the molecule is C=CC1=C(C=C)C(=O)N(C2CCC(=O)N(Cl)C2=O)C1=O. The van der Waals surface area contributed by atoms with E-state index in [0.29, 0.717) is 4.42 Å². The molecule has 4 amide bonds. The highest BCUT2D eigenvalue weighted by Crippen LogP contribution is 2.29. The van der Waals surface area contributed by atoms with Gasteiger partial charge in [0.15, 0.2) is 0 Å². The van der Waals surface area contributed by atoms with E-state index in [4.69, 9.17) is 11.8 Å². The topological polar surface area (TPSA) is 74.8 Å². The first-order valence-electron chi connectivity index (χ1n) is 5.83. The van der Waals surface area contributed by atoms with Gasteiger partial charge in [-0.3, -0.25) is 24.1 Å². The summed E-state index contributed by atoms with van der Waals surface area (Å²) >= 11 is 5.56. The first-order valence-corrected chi connectivity index (χ1v) is 6.17. The fourth-order valence-electron chi connectivity index (χ4n) is 2.23. The standard InChI is InChI=1S/C13H11ClN2O4/c1-3-7-8(4-2)12(19)15(11(7)18)9-5-6-10(17)16(14)13(9)20/h3-4,9H,1-2,5-6H2. The Hall–Kier alpha value is -2.21. The maximum atomic E-state index is 12.2. The molecular weight excluding hydrogens is 284 g/mol. The average molecular weight is 295 g/mol. The predicted octanol–water partition coefficient (Wildman–Crippen LogP) is 0.695. The molecule has 2 aliphatic heterocycles. The van der Waals surface area contributed by atoms with Crippen LogP contribution in [0.3, 0.4) is 0 Å². The number of hydrogen-bond acceptors (Lipinski definition) is 4. The van der Waals surface area contributed by atoms with Gasteiger partial charge in [-0.25, -0.2) is 0 Å². The van der Waals surface area contributed by atoms with Crippen LogP contribution in [0.25, 0.3) is 0 Å². The van der Waals surface area contributed by atoms with Crippen molar-refractivity contribution in [3.05, 3.63) is 36.5 Å². The van der Waals surface area contributed by atoms with Crippen molar-refractivity contribution in [3.63, 3.8) is 0 Å². The van der Waals surface area contributed by atoms with Crippen molar-refractivity contribution in [1.29, 1.82) is 0 Å². The number of nitrogens with zero attached hydrogens (tertiary/aromatic N) is 2. The second-order valence-electron chi connectivity index (χ2n) is 4.28. The molecule has 1 fully saturated rings. The van der Waals surface area contributed by atoms with Gasteiger partial charge in [-0.05, 0) is 6.42 Å². The average Bonchev–Trinajstić information content (AvgIpc) is 2.67. The Labute approximate surface area is 120 Å². The minimum Gasteiger partial charge on any atom is -0.273 e. The Kier molecular flexibility index (Phi) is 3.59. The lowest BCUT2D eigenvalue weighted by Gasteiger charge is -2.31. The van der Waals surface area contributed by atoms with Gasteiger partial charge in [-0.1, -0.05) is 25.3 Å². The van der Waals surface area contributed by atoms with Crippen LogP contribution in [0.4, 0.5) is 0 Å². The number of hydrogen-bond donors (Lipinski definition) is 0. The van der Waals surface area contributed by atoms with Gasteiger partial charge in [0.05, 0.1) is 11.1 Å². The van der Waals surface area contributed by atoms with Crippen LogP contribution in [0.5, 0.6) is 0 Å². The molecule has 0 N–H and O–H groups in total. The summed E-state index contributed by atoms with van der Waals surface area (Å²) in [5, 5.41) is 0. The number of carbonyl (C=O) groups is 4. The second kappa shape index (κ2) is 5.05. The number of carbonyl (C=O) groups excluding carboxylic acids is 4. The van der Waals surface area contributed by atoms with Crippen LogP contribution in [-0.4, -0.2) is 39.0 Å². The third kappa shape index (κ3) is 1.89. The molecule has 1 unspecified atom stereocenters. The molecule has 20 heavy (non-hydrogen) atoms. The van der Waals surface area contributed by atoms with Crippen molar-refractivity contribution < 1.29 is 19.2 Å². The molecule has 0 bridgehead atoms. The Morgan fingerprint density at radius 1 is 1.05 bits per heavy atom. The lowest BCUT2D eigenvalue weighted by Crippen LogP contribution is -2.53. The lowest BCUT2D eigenvalue weighted by molar-refractivity contribution is -0.154. The van der Waals surface area contributed by atoms with Crippen LogP contribution in [0.1, 0.15) is 12.8 Å². The van der Waals surface area contributed by atoms with Gasteiger partial charge >= 0.3 is 0 Å². The molecule has 104 valence electrons. The molecule has 0 aromatic carbocycles. The van der Waals surface area contributed by atoms with Crippen molar-refractivity contribution in [2.45, 2.75) is 18.9 Å². The van der Waals surface area contributed by atoms with E-state index in [2.05, 4.69) is 13.2 Å². The smallest absolute Gasteiger partial charge is 0.267 e. The summed E-state index contributed by atoms with van der Waals surface area (Å²) in [6.45, 7) is 6.94. The van der Waals surface area contributed by atoms with Crippen molar-refractivity contribution >= 4 is 35.4 Å². The van der Waals surface area contributed by atoms with Crippen LogP contribution < -0.4 is 0 Å². The molecule has 2 heterocycles. The fourth-order valence-corrected chi connectivity index (χ4v) is 2.43. The first-order chi connectivity index (χ1) is 9.43. The second-order valence-corrected chi connectivity index (χ2v) is 4.62.